The van der Waals surface area contributed by atoms with Crippen LogP contribution in [-0.4, -0.2) is 108 Å². The normalized spacial score (nSPS) is 12.8. The summed E-state index contributed by atoms with van der Waals surface area (Å²) in [5.74, 6) is -11.6. The number of rotatable bonds is 23. The van der Waals surface area contributed by atoms with Gasteiger partial charge in [0, 0.05) is 0 Å². The summed E-state index contributed by atoms with van der Waals surface area (Å²) in [5.41, 5.74) is -6.24. The van der Waals surface area contributed by atoms with Crippen molar-refractivity contribution in [3.8, 4) is 0 Å². The van der Waals surface area contributed by atoms with E-state index in [0.29, 0.717) is 0 Å². The number of unbranched alkanes of at least 4 members (excludes halogenated alkanes) is 4. The number of carbonyl (C=O) groups is 6. The summed E-state index contributed by atoms with van der Waals surface area (Å²) in [4.78, 5) is 66.0. The second-order valence-corrected chi connectivity index (χ2v) is 10.6. The molecule has 0 rings (SSSR count). The molecule has 0 bridgehead atoms. The first-order valence-corrected chi connectivity index (χ1v) is 14.4. The van der Waals surface area contributed by atoms with Gasteiger partial charge in [0.05, 0.1) is 51.9 Å². The molecule has 0 aliphatic rings. The zero-order chi connectivity index (χ0) is 33.0. The van der Waals surface area contributed by atoms with Crippen molar-refractivity contribution in [2.45, 2.75) is 116 Å². The number of esters is 1. The van der Waals surface area contributed by atoms with Gasteiger partial charge in [-0.2, -0.15) is 0 Å². The van der Waals surface area contributed by atoms with E-state index in [4.69, 9.17) is 25.5 Å². The molecule has 0 aromatic carbocycles. The molecule has 1 unspecified atom stereocenters. The number of quaternary nitrogens is 1. The number of ether oxygens (including phenoxy) is 1. The lowest BCUT2D eigenvalue weighted by Crippen LogP contribution is -2.50. The van der Waals surface area contributed by atoms with Crippen molar-refractivity contribution in [1.82, 2.24) is 0 Å². The molecule has 0 amide bonds. The van der Waals surface area contributed by atoms with Crippen molar-refractivity contribution in [3.05, 3.63) is 0 Å². The molecule has 0 aromatic rings. The van der Waals surface area contributed by atoms with E-state index in [-0.39, 0.29) is 0 Å². The van der Waals surface area contributed by atoms with Gasteiger partial charge in [-0.3, -0.25) is 19.2 Å². The van der Waals surface area contributed by atoms with Gasteiger partial charge in [0.2, 0.25) is 5.60 Å². The Bertz CT molecular complexity index is 836. The van der Waals surface area contributed by atoms with Crippen LogP contribution in [0.25, 0.3) is 0 Å². The van der Waals surface area contributed by atoms with Gasteiger partial charge >= 0.3 is 35.8 Å². The van der Waals surface area contributed by atoms with Crippen molar-refractivity contribution in [2.24, 2.45) is 0 Å². The Balaban J connectivity index is 0. The van der Waals surface area contributed by atoms with Crippen molar-refractivity contribution in [1.29, 1.82) is 0 Å². The van der Waals surface area contributed by atoms with Gasteiger partial charge in [0.15, 0.2) is 5.60 Å². The lowest BCUT2D eigenvalue weighted by Gasteiger charge is -2.39. The lowest BCUT2D eigenvalue weighted by molar-refractivity contribution is -0.929. The Morgan fingerprint density at radius 1 is 0.548 bits per heavy atom. The zero-order valence-corrected chi connectivity index (χ0v) is 25.3. The fourth-order valence-electron chi connectivity index (χ4n) is 4.42. The highest BCUT2D eigenvalue weighted by molar-refractivity contribution is 5.92. The molecular formula is C28H50NO13+. The van der Waals surface area contributed by atoms with Crippen molar-refractivity contribution in [2.75, 3.05) is 26.2 Å². The Kier molecular flexibility index (Phi) is 20.0. The highest BCUT2D eigenvalue weighted by atomic mass is 16.6. The molecule has 6 N–H and O–H groups in total. The van der Waals surface area contributed by atoms with Crippen molar-refractivity contribution < 1.29 is 68.6 Å². The first-order chi connectivity index (χ1) is 19.5. The monoisotopic (exact) mass is 608 g/mol. The number of carboxylic acid groups (broad SMARTS) is 5. The topological polar surface area (TPSA) is 233 Å². The maximum Gasteiger partial charge on any atom is 0.349 e. The van der Waals surface area contributed by atoms with Gasteiger partial charge in [0.25, 0.3) is 0 Å². The van der Waals surface area contributed by atoms with Gasteiger partial charge in [-0.15, -0.1) is 0 Å². The van der Waals surface area contributed by atoms with E-state index in [1.807, 2.05) is 0 Å². The highest BCUT2D eigenvalue weighted by Crippen LogP contribution is 2.26. The minimum Gasteiger partial charge on any atom is -0.481 e. The van der Waals surface area contributed by atoms with E-state index in [9.17, 15) is 33.9 Å². The van der Waals surface area contributed by atoms with Crippen LogP contribution in [0, 0.1) is 0 Å². The summed E-state index contributed by atoms with van der Waals surface area (Å²) in [6.07, 6.45) is 5.12. The first-order valence-electron chi connectivity index (χ1n) is 14.4. The molecule has 0 aromatic heterocycles. The quantitative estimate of drug-likeness (QED) is 0.0724. The average molecular weight is 609 g/mol. The summed E-state index contributed by atoms with van der Waals surface area (Å²) >= 11 is 0. The van der Waals surface area contributed by atoms with E-state index in [1.54, 1.807) is 0 Å². The molecule has 14 heteroatoms. The number of carbonyl (C=O) groups excluding carboxylic acids is 1. The number of hydrogen-bond donors (Lipinski definition) is 6. The van der Waals surface area contributed by atoms with Crippen LogP contribution in [0.1, 0.15) is 105 Å². The zero-order valence-electron chi connectivity index (χ0n) is 25.3. The minimum atomic E-state index is -3.17. The highest BCUT2D eigenvalue weighted by Gasteiger charge is 2.49. The molecule has 0 radical (unpaired) electrons. The van der Waals surface area contributed by atoms with Gasteiger partial charge in [-0.1, -0.05) is 53.4 Å². The molecule has 1 atom stereocenters. The molecule has 0 saturated carbocycles. The molecule has 244 valence electrons. The fraction of sp³-hybridized carbons (Fsp3) is 0.786. The summed E-state index contributed by atoms with van der Waals surface area (Å²) in [7, 11) is 0. The van der Waals surface area contributed by atoms with Crippen LogP contribution < -0.4 is 0 Å². The Hall–Kier alpha value is -3.26. The number of carboxylic acids is 5. The third kappa shape index (κ3) is 16.2. The predicted molar refractivity (Wildman–Crippen MR) is 150 cm³/mol. The Morgan fingerprint density at radius 2 is 0.881 bits per heavy atom. The van der Waals surface area contributed by atoms with E-state index in [2.05, 4.69) is 32.4 Å². The Labute approximate surface area is 246 Å². The van der Waals surface area contributed by atoms with Crippen LogP contribution in [0.5, 0.6) is 0 Å². The second-order valence-electron chi connectivity index (χ2n) is 10.6. The molecule has 14 nitrogen and oxygen atoms in total. The molecular weight excluding hydrogens is 558 g/mol. The van der Waals surface area contributed by atoms with Crippen LogP contribution >= 0.6 is 0 Å². The molecule has 0 saturated heterocycles. The maximum absolute atomic E-state index is 11.7. The molecule has 0 aliphatic carbocycles. The summed E-state index contributed by atoms with van der Waals surface area (Å²) in [6.45, 7) is 15.0. The smallest absolute Gasteiger partial charge is 0.349 e. The fourth-order valence-corrected chi connectivity index (χ4v) is 4.42. The number of hydrogen-bond acceptors (Lipinski definition) is 8. The average Bonchev–Trinajstić information content (AvgIpc) is 2.86. The molecule has 42 heavy (non-hydrogen) atoms. The van der Waals surface area contributed by atoms with E-state index < -0.39 is 72.7 Å². The van der Waals surface area contributed by atoms with Crippen molar-refractivity contribution in [3.63, 3.8) is 0 Å². The second kappa shape index (κ2) is 20.6. The van der Waals surface area contributed by atoms with Gasteiger partial charge in [0.1, 0.15) is 0 Å². The van der Waals surface area contributed by atoms with Crippen LogP contribution in [-0.2, 0) is 33.5 Å². The van der Waals surface area contributed by atoms with E-state index in [0.717, 1.165) is 0 Å². The van der Waals surface area contributed by atoms with Crippen LogP contribution in [0.2, 0.25) is 0 Å². The predicted octanol–water partition coefficient (Wildman–Crippen LogP) is 2.99. The summed E-state index contributed by atoms with van der Waals surface area (Å²) < 4.78 is 5.75. The number of aliphatic carboxylic acids is 5. The molecule has 0 fully saturated rings. The summed E-state index contributed by atoms with van der Waals surface area (Å²) in [5, 5.41) is 53.5. The SMILES string of the molecule is CCCC[N+](CCCC)(CCCC)CCCC.O=C(O)CC(O)(CC(=O)OC(CC(=O)O)(CC(=O)O)C(=O)O)C(=O)O. The Morgan fingerprint density at radius 3 is 1.12 bits per heavy atom. The third-order valence-electron chi connectivity index (χ3n) is 6.80. The molecule has 0 aliphatic heterocycles. The van der Waals surface area contributed by atoms with Crippen LogP contribution in [0.3, 0.4) is 0 Å². The largest absolute Gasteiger partial charge is 0.481 e. The minimum absolute atomic E-state index is 1.35. The van der Waals surface area contributed by atoms with E-state index >= 15 is 0 Å². The standard InChI is InChI=1S/C16H36N.C12H14O13/c1-5-9-13-17(14-10-6-2,15-11-7-3)16-12-8-4;13-5(14)1-11(24,9(20)21)4-8(19)25-12(10(22)23,2-6(15)16)3-7(17)18/h5-16H2,1-4H3;24H,1-4H2,(H,13,14)(H,15,16)(H,17,18)(H,20,21)(H,22,23)/q+1;. The molecule has 0 spiro atoms. The maximum atomic E-state index is 11.7. The van der Waals surface area contributed by atoms with Crippen LogP contribution in [0.15, 0.2) is 0 Å². The molecule has 0 heterocycles. The van der Waals surface area contributed by atoms with Crippen LogP contribution in [0.4, 0.5) is 0 Å². The first kappa shape index (κ1) is 40.9. The van der Waals surface area contributed by atoms with Gasteiger partial charge < -0.3 is 39.9 Å². The van der Waals surface area contributed by atoms with Gasteiger partial charge in [-0.25, -0.2) is 9.59 Å². The third-order valence-corrected chi connectivity index (χ3v) is 6.80. The van der Waals surface area contributed by atoms with Gasteiger partial charge in [-0.05, 0) is 25.7 Å². The van der Waals surface area contributed by atoms with E-state index in [1.165, 1.54) is 82.0 Å². The van der Waals surface area contributed by atoms with Crippen molar-refractivity contribution >= 4 is 35.8 Å². The summed E-state index contributed by atoms with van der Waals surface area (Å²) in [6, 6.07) is 0. The lowest BCUT2D eigenvalue weighted by atomic mass is 9.93. The number of nitrogens with zero attached hydrogens (tertiary/aromatic N) is 1. The number of aliphatic hydroxyl groups is 1.